The number of nitrogen functional groups attached to an aromatic ring is 1. The minimum absolute atomic E-state index is 0.0570. The monoisotopic (exact) mass is 268 g/mol. The van der Waals surface area contributed by atoms with Crippen LogP contribution in [0.3, 0.4) is 0 Å². The smallest absolute Gasteiger partial charge is 0.391 e. The second-order valence-corrected chi connectivity index (χ2v) is 4.04. The molecule has 0 saturated carbocycles. The lowest BCUT2D eigenvalue weighted by molar-refractivity contribution is -0.136. The van der Waals surface area contributed by atoms with E-state index in [0.29, 0.717) is 5.69 Å². The molecular formula is C9H12ClF3N4. The van der Waals surface area contributed by atoms with Crippen LogP contribution in [-0.2, 0) is 0 Å². The number of anilines is 2. The van der Waals surface area contributed by atoms with Gasteiger partial charge in [-0.2, -0.15) is 18.2 Å². The number of aryl methyl sites for hydroxylation is 1. The first kappa shape index (κ1) is 13.8. The van der Waals surface area contributed by atoms with Crippen molar-refractivity contribution in [3.63, 3.8) is 0 Å². The average Bonchev–Trinajstić information content (AvgIpc) is 2.10. The Morgan fingerprint density at radius 2 is 2.00 bits per heavy atom. The van der Waals surface area contributed by atoms with E-state index in [9.17, 15) is 13.2 Å². The maximum absolute atomic E-state index is 12.1. The highest BCUT2D eigenvalue weighted by atomic mass is 35.5. The minimum Gasteiger partial charge on any atom is -0.394 e. The van der Waals surface area contributed by atoms with Crippen molar-refractivity contribution in [1.29, 1.82) is 0 Å². The number of hydrogen-bond acceptors (Lipinski definition) is 4. The molecule has 17 heavy (non-hydrogen) atoms. The molecule has 0 fully saturated rings. The lowest BCUT2D eigenvalue weighted by atomic mass is 10.2. The summed E-state index contributed by atoms with van der Waals surface area (Å²) in [5.74, 6) is 0.124. The summed E-state index contributed by atoms with van der Waals surface area (Å²) in [6.45, 7) is 2.99. The van der Waals surface area contributed by atoms with E-state index in [2.05, 4.69) is 15.3 Å². The van der Waals surface area contributed by atoms with Gasteiger partial charge in [-0.3, -0.25) is 0 Å². The molecule has 8 heteroatoms. The predicted molar refractivity (Wildman–Crippen MR) is 59.9 cm³/mol. The number of nitrogens with zero attached hydrogens (tertiary/aromatic N) is 2. The van der Waals surface area contributed by atoms with Gasteiger partial charge in [0.25, 0.3) is 0 Å². The predicted octanol–water partition coefficient (Wildman–Crippen LogP) is 2.77. The van der Waals surface area contributed by atoms with E-state index in [1.807, 2.05) is 0 Å². The fraction of sp³-hybridized carbons (Fsp3) is 0.556. The average molecular weight is 269 g/mol. The standard InChI is InChI=1S/C9H12ClF3N4/c1-4(3-9(11,12)13)15-7-6(14)5(2)16-8(10)17-7/h4H,3,14H2,1-2H3,(H,15,16,17). The van der Waals surface area contributed by atoms with E-state index < -0.39 is 18.6 Å². The van der Waals surface area contributed by atoms with Crippen LogP contribution in [0.4, 0.5) is 24.7 Å². The van der Waals surface area contributed by atoms with Gasteiger partial charge in [0.2, 0.25) is 5.28 Å². The highest BCUT2D eigenvalue weighted by Crippen LogP contribution is 2.26. The van der Waals surface area contributed by atoms with Crippen LogP contribution >= 0.6 is 11.6 Å². The Morgan fingerprint density at radius 3 is 2.53 bits per heavy atom. The number of nitrogens with two attached hydrogens (primary N) is 1. The van der Waals surface area contributed by atoms with Crippen molar-refractivity contribution in [2.75, 3.05) is 11.1 Å². The summed E-state index contributed by atoms with van der Waals surface area (Å²) in [5.41, 5.74) is 6.26. The number of hydrogen-bond donors (Lipinski definition) is 2. The fourth-order valence-electron chi connectivity index (χ4n) is 1.29. The molecule has 1 unspecified atom stereocenters. The summed E-state index contributed by atoms with van der Waals surface area (Å²) in [6.07, 6.45) is -5.22. The molecule has 0 amide bonds. The second kappa shape index (κ2) is 4.95. The van der Waals surface area contributed by atoms with Crippen molar-refractivity contribution in [3.05, 3.63) is 11.0 Å². The van der Waals surface area contributed by atoms with Crippen molar-refractivity contribution in [1.82, 2.24) is 9.97 Å². The normalized spacial score (nSPS) is 13.5. The van der Waals surface area contributed by atoms with Crippen LogP contribution in [0.5, 0.6) is 0 Å². The Kier molecular flexibility index (Phi) is 4.03. The Hall–Kier alpha value is -1.24. The van der Waals surface area contributed by atoms with Crippen molar-refractivity contribution >= 4 is 23.1 Å². The summed E-state index contributed by atoms with van der Waals surface area (Å²) in [6, 6.07) is -0.845. The van der Waals surface area contributed by atoms with E-state index in [4.69, 9.17) is 17.3 Å². The first-order chi connectivity index (χ1) is 7.69. The van der Waals surface area contributed by atoms with Gasteiger partial charge >= 0.3 is 6.18 Å². The SMILES string of the molecule is Cc1nc(Cl)nc(NC(C)CC(F)(F)F)c1N. The molecule has 0 aromatic carbocycles. The molecule has 1 heterocycles. The first-order valence-corrected chi connectivity index (χ1v) is 5.19. The molecule has 1 aromatic heterocycles. The summed E-state index contributed by atoms with van der Waals surface area (Å²) in [5, 5.41) is 2.51. The Balaban J connectivity index is 2.81. The molecule has 3 N–H and O–H groups in total. The minimum atomic E-state index is -4.24. The number of aromatic nitrogens is 2. The van der Waals surface area contributed by atoms with Gasteiger partial charge in [-0.15, -0.1) is 0 Å². The van der Waals surface area contributed by atoms with Crippen LogP contribution in [0.25, 0.3) is 0 Å². The van der Waals surface area contributed by atoms with Crippen molar-refractivity contribution in [2.24, 2.45) is 0 Å². The largest absolute Gasteiger partial charge is 0.394 e. The van der Waals surface area contributed by atoms with Crippen molar-refractivity contribution < 1.29 is 13.2 Å². The third-order valence-corrected chi connectivity index (χ3v) is 2.20. The van der Waals surface area contributed by atoms with Gasteiger partial charge in [0.1, 0.15) is 0 Å². The Morgan fingerprint density at radius 1 is 1.41 bits per heavy atom. The van der Waals surface area contributed by atoms with Gasteiger partial charge in [-0.05, 0) is 25.4 Å². The zero-order valence-electron chi connectivity index (χ0n) is 9.27. The molecule has 0 aliphatic rings. The Labute approximate surface area is 101 Å². The van der Waals surface area contributed by atoms with Crippen LogP contribution in [-0.4, -0.2) is 22.2 Å². The molecule has 0 aliphatic carbocycles. The molecule has 0 radical (unpaired) electrons. The molecule has 96 valence electrons. The number of halogens is 4. The molecule has 4 nitrogen and oxygen atoms in total. The summed E-state index contributed by atoms with van der Waals surface area (Å²) in [4.78, 5) is 7.54. The van der Waals surface area contributed by atoms with Crippen LogP contribution in [0.2, 0.25) is 5.28 Å². The zero-order valence-corrected chi connectivity index (χ0v) is 10.0. The Bertz CT molecular complexity index is 408. The highest BCUT2D eigenvalue weighted by molar-refractivity contribution is 6.28. The second-order valence-electron chi connectivity index (χ2n) is 3.71. The van der Waals surface area contributed by atoms with E-state index in [0.717, 1.165) is 0 Å². The molecule has 0 saturated heterocycles. The number of rotatable bonds is 3. The van der Waals surface area contributed by atoms with Gasteiger partial charge in [-0.25, -0.2) is 4.98 Å². The van der Waals surface area contributed by atoms with E-state index in [-0.39, 0.29) is 16.8 Å². The van der Waals surface area contributed by atoms with Crippen LogP contribution in [0.15, 0.2) is 0 Å². The van der Waals surface area contributed by atoms with Crippen LogP contribution in [0.1, 0.15) is 19.0 Å². The van der Waals surface area contributed by atoms with Crippen molar-refractivity contribution in [3.8, 4) is 0 Å². The molecular weight excluding hydrogens is 257 g/mol. The fourth-order valence-corrected chi connectivity index (χ4v) is 1.50. The van der Waals surface area contributed by atoms with Crippen LogP contribution < -0.4 is 11.1 Å². The highest BCUT2D eigenvalue weighted by Gasteiger charge is 2.30. The van der Waals surface area contributed by atoms with Crippen molar-refractivity contribution in [2.45, 2.75) is 32.5 Å². The molecule has 0 aliphatic heterocycles. The number of nitrogens with one attached hydrogen (secondary N) is 1. The van der Waals surface area contributed by atoms with Gasteiger partial charge in [0.05, 0.1) is 17.8 Å². The summed E-state index contributed by atoms with van der Waals surface area (Å²) in [7, 11) is 0. The molecule has 1 atom stereocenters. The lowest BCUT2D eigenvalue weighted by Crippen LogP contribution is -2.25. The van der Waals surface area contributed by atoms with Gasteiger partial charge in [0, 0.05) is 6.04 Å². The molecule has 1 aromatic rings. The van der Waals surface area contributed by atoms with Gasteiger partial charge < -0.3 is 11.1 Å². The van der Waals surface area contributed by atoms with Gasteiger partial charge in [-0.1, -0.05) is 0 Å². The van der Waals surface area contributed by atoms with Crippen LogP contribution in [0, 0.1) is 6.92 Å². The lowest BCUT2D eigenvalue weighted by Gasteiger charge is -2.17. The topological polar surface area (TPSA) is 63.8 Å². The third-order valence-electron chi connectivity index (χ3n) is 2.03. The summed E-state index contributed by atoms with van der Waals surface area (Å²) < 4.78 is 36.4. The first-order valence-electron chi connectivity index (χ1n) is 4.82. The molecule has 0 spiro atoms. The quantitative estimate of drug-likeness (QED) is 0.828. The molecule has 1 rings (SSSR count). The molecule has 0 bridgehead atoms. The summed E-state index contributed by atoms with van der Waals surface area (Å²) >= 11 is 5.60. The van der Waals surface area contributed by atoms with E-state index in [1.165, 1.54) is 6.92 Å². The zero-order chi connectivity index (χ0) is 13.2. The van der Waals surface area contributed by atoms with Gasteiger partial charge in [0.15, 0.2) is 5.82 Å². The number of alkyl halides is 3. The third kappa shape index (κ3) is 4.26. The van der Waals surface area contributed by atoms with E-state index in [1.54, 1.807) is 6.92 Å². The maximum atomic E-state index is 12.1. The maximum Gasteiger partial charge on any atom is 0.391 e. The van der Waals surface area contributed by atoms with E-state index >= 15 is 0 Å².